The van der Waals surface area contributed by atoms with Gasteiger partial charge in [0, 0.05) is 29.3 Å². The molecule has 0 amide bonds. The van der Waals surface area contributed by atoms with Gasteiger partial charge < -0.3 is 14.6 Å². The molecule has 0 aliphatic carbocycles. The molecule has 1 unspecified atom stereocenters. The Balaban J connectivity index is 1.67. The third-order valence-corrected chi connectivity index (χ3v) is 5.54. The third-order valence-electron chi connectivity index (χ3n) is 5.54. The normalized spacial score (nSPS) is 16.2. The van der Waals surface area contributed by atoms with E-state index in [2.05, 4.69) is 56.5 Å². The molecule has 0 bridgehead atoms. The molecule has 5 rings (SSSR count). The summed E-state index contributed by atoms with van der Waals surface area (Å²) in [6.07, 6.45) is 4.97. The Morgan fingerprint density at radius 2 is 1.86 bits per heavy atom. The van der Waals surface area contributed by atoms with Crippen LogP contribution in [0.2, 0.25) is 0 Å². The van der Waals surface area contributed by atoms with Crippen LogP contribution in [0.1, 0.15) is 12.5 Å². The fraction of sp³-hybridized carbons (Fsp3) is 0.217. The van der Waals surface area contributed by atoms with Crippen molar-refractivity contribution < 1.29 is 4.74 Å². The smallest absolute Gasteiger partial charge is 0.118 e. The summed E-state index contributed by atoms with van der Waals surface area (Å²) in [7, 11) is 1.68. The van der Waals surface area contributed by atoms with E-state index in [4.69, 9.17) is 9.72 Å². The van der Waals surface area contributed by atoms with Crippen molar-refractivity contribution in [2.24, 2.45) is 0 Å². The molecular formula is C23H23N5O. The summed E-state index contributed by atoms with van der Waals surface area (Å²) in [5.74, 6) is 0.835. The lowest BCUT2D eigenvalue weighted by atomic mass is 10.0. The van der Waals surface area contributed by atoms with Crippen LogP contribution in [0.4, 0.5) is 0 Å². The van der Waals surface area contributed by atoms with E-state index in [9.17, 15) is 0 Å². The largest absolute Gasteiger partial charge is 0.497 e. The van der Waals surface area contributed by atoms with E-state index in [0.29, 0.717) is 6.04 Å². The molecule has 29 heavy (non-hydrogen) atoms. The summed E-state index contributed by atoms with van der Waals surface area (Å²) < 4.78 is 7.61. The molecule has 2 N–H and O–H groups in total. The first-order valence-corrected chi connectivity index (χ1v) is 9.86. The molecule has 1 aliphatic rings. The van der Waals surface area contributed by atoms with E-state index in [1.54, 1.807) is 7.11 Å². The van der Waals surface area contributed by atoms with Gasteiger partial charge in [-0.25, -0.2) is 4.98 Å². The minimum absolute atomic E-state index is 0.383. The molecule has 0 radical (unpaired) electrons. The predicted octanol–water partition coefficient (Wildman–Crippen LogP) is 4.15. The summed E-state index contributed by atoms with van der Waals surface area (Å²) in [5, 5.41) is 11.0. The van der Waals surface area contributed by atoms with Crippen LogP contribution in [0.5, 0.6) is 5.75 Å². The van der Waals surface area contributed by atoms with Crippen LogP contribution in [0.15, 0.2) is 67.1 Å². The minimum Gasteiger partial charge on any atom is -0.497 e. The quantitative estimate of drug-likeness (QED) is 0.542. The van der Waals surface area contributed by atoms with Crippen LogP contribution in [0, 0.1) is 0 Å². The topological polar surface area (TPSA) is 67.8 Å². The molecule has 2 aromatic carbocycles. The fourth-order valence-electron chi connectivity index (χ4n) is 4.03. The van der Waals surface area contributed by atoms with E-state index in [-0.39, 0.29) is 0 Å². The maximum Gasteiger partial charge on any atom is 0.118 e. The number of aromatic amines is 1. The molecule has 3 heterocycles. The van der Waals surface area contributed by atoms with Gasteiger partial charge in [0.2, 0.25) is 0 Å². The molecule has 4 aromatic rings. The van der Waals surface area contributed by atoms with Crippen molar-refractivity contribution in [1.29, 1.82) is 0 Å². The van der Waals surface area contributed by atoms with Gasteiger partial charge in [-0.2, -0.15) is 5.10 Å². The molecule has 146 valence electrons. The summed E-state index contributed by atoms with van der Waals surface area (Å²) in [4.78, 5) is 4.82. The van der Waals surface area contributed by atoms with Gasteiger partial charge in [-0.1, -0.05) is 30.3 Å². The number of imidazole rings is 1. The van der Waals surface area contributed by atoms with Crippen LogP contribution in [-0.2, 0) is 0 Å². The summed E-state index contributed by atoms with van der Waals surface area (Å²) >= 11 is 0. The Bertz CT molecular complexity index is 1090. The number of nitrogens with zero attached hydrogens (tertiary/aromatic N) is 3. The van der Waals surface area contributed by atoms with Crippen molar-refractivity contribution in [3.8, 4) is 39.5 Å². The summed E-state index contributed by atoms with van der Waals surface area (Å²) in [6, 6.07) is 18.8. The second-order valence-electron chi connectivity index (χ2n) is 7.25. The Hall–Kier alpha value is -3.38. The third kappa shape index (κ3) is 3.21. The van der Waals surface area contributed by atoms with Crippen molar-refractivity contribution in [2.75, 3.05) is 20.2 Å². The van der Waals surface area contributed by atoms with Gasteiger partial charge in [-0.15, -0.1) is 0 Å². The number of H-pyrrole nitrogens is 1. The van der Waals surface area contributed by atoms with Crippen LogP contribution < -0.4 is 10.1 Å². The van der Waals surface area contributed by atoms with Gasteiger partial charge in [-0.05, 0) is 37.2 Å². The molecule has 0 saturated carbocycles. The van der Waals surface area contributed by atoms with Crippen LogP contribution in [0.25, 0.3) is 33.8 Å². The Morgan fingerprint density at radius 3 is 2.59 bits per heavy atom. The molecular weight excluding hydrogens is 362 g/mol. The second-order valence-corrected chi connectivity index (χ2v) is 7.25. The number of methoxy groups -OCH3 is 1. The number of rotatable bonds is 5. The first-order chi connectivity index (χ1) is 14.3. The molecule has 1 aliphatic heterocycles. The average molecular weight is 385 g/mol. The highest BCUT2D eigenvalue weighted by Crippen LogP contribution is 2.38. The zero-order valence-corrected chi connectivity index (χ0v) is 16.3. The van der Waals surface area contributed by atoms with Gasteiger partial charge in [-0.3, -0.25) is 5.10 Å². The van der Waals surface area contributed by atoms with Gasteiger partial charge in [0.15, 0.2) is 0 Å². The van der Waals surface area contributed by atoms with Crippen molar-refractivity contribution in [2.45, 2.75) is 12.5 Å². The zero-order valence-electron chi connectivity index (χ0n) is 16.3. The lowest BCUT2D eigenvalue weighted by Gasteiger charge is -2.16. The van der Waals surface area contributed by atoms with Crippen molar-refractivity contribution in [3.63, 3.8) is 0 Å². The number of nitrogens with one attached hydrogen (secondary N) is 2. The highest BCUT2D eigenvalue weighted by atomic mass is 16.5. The highest BCUT2D eigenvalue weighted by molar-refractivity contribution is 5.86. The second kappa shape index (κ2) is 7.56. The van der Waals surface area contributed by atoms with Crippen LogP contribution >= 0.6 is 0 Å². The molecule has 1 atom stereocenters. The standard InChI is InChI=1S/C23H23N5O/c1-29-19-9-7-17(8-10-19)21-20(14-26-27-21)23-22(16-5-3-2-4-6-16)25-15-28(23)18-11-12-24-13-18/h2-10,14-15,18,24H,11-13H2,1H3,(H,26,27). The number of ether oxygens (including phenoxy) is 1. The van der Waals surface area contributed by atoms with Crippen molar-refractivity contribution >= 4 is 0 Å². The average Bonchev–Trinajstić information content (AvgIpc) is 3.54. The lowest BCUT2D eigenvalue weighted by Crippen LogP contribution is -2.13. The number of aromatic nitrogens is 4. The first-order valence-electron chi connectivity index (χ1n) is 9.86. The van der Waals surface area contributed by atoms with E-state index in [0.717, 1.165) is 59.0 Å². The number of hydrogen-bond acceptors (Lipinski definition) is 4. The monoisotopic (exact) mass is 385 g/mol. The zero-order chi connectivity index (χ0) is 19.6. The molecule has 2 aromatic heterocycles. The lowest BCUT2D eigenvalue weighted by molar-refractivity contribution is 0.415. The van der Waals surface area contributed by atoms with Gasteiger partial charge in [0.1, 0.15) is 5.75 Å². The molecule has 0 spiro atoms. The summed E-state index contributed by atoms with van der Waals surface area (Å²) in [5.41, 5.74) is 6.29. The SMILES string of the molecule is COc1ccc(-c2[nH]ncc2-c2c(-c3ccccc3)ncn2C2CCNC2)cc1. The molecule has 6 nitrogen and oxygen atoms in total. The van der Waals surface area contributed by atoms with Crippen molar-refractivity contribution in [1.82, 2.24) is 25.1 Å². The Morgan fingerprint density at radius 1 is 1.03 bits per heavy atom. The van der Waals surface area contributed by atoms with E-state index >= 15 is 0 Å². The number of hydrogen-bond donors (Lipinski definition) is 2. The Labute approximate surface area is 169 Å². The van der Waals surface area contributed by atoms with E-state index in [1.165, 1.54) is 0 Å². The Kier molecular flexibility index (Phi) is 4.62. The maximum atomic E-state index is 5.31. The predicted molar refractivity (Wildman–Crippen MR) is 114 cm³/mol. The van der Waals surface area contributed by atoms with Gasteiger partial charge in [0.25, 0.3) is 0 Å². The van der Waals surface area contributed by atoms with Crippen LogP contribution in [-0.4, -0.2) is 39.9 Å². The number of benzene rings is 2. The highest BCUT2D eigenvalue weighted by Gasteiger charge is 2.25. The molecule has 6 heteroatoms. The van der Waals surface area contributed by atoms with Crippen LogP contribution in [0.3, 0.4) is 0 Å². The molecule has 1 fully saturated rings. The molecule has 1 saturated heterocycles. The van der Waals surface area contributed by atoms with Gasteiger partial charge >= 0.3 is 0 Å². The summed E-state index contributed by atoms with van der Waals surface area (Å²) in [6.45, 7) is 1.98. The maximum absolute atomic E-state index is 5.31. The van der Waals surface area contributed by atoms with E-state index in [1.807, 2.05) is 30.7 Å². The van der Waals surface area contributed by atoms with E-state index < -0.39 is 0 Å². The van der Waals surface area contributed by atoms with Gasteiger partial charge in [0.05, 0.1) is 36.7 Å². The fourth-order valence-corrected chi connectivity index (χ4v) is 4.03. The first kappa shape index (κ1) is 17.7. The van der Waals surface area contributed by atoms with Crippen molar-refractivity contribution in [3.05, 3.63) is 67.1 Å². The minimum atomic E-state index is 0.383.